The molecule has 0 unspecified atom stereocenters. The molecule has 0 aliphatic carbocycles. The van der Waals surface area contributed by atoms with Crippen molar-refractivity contribution in [1.29, 1.82) is 0 Å². The first-order valence-electron chi connectivity index (χ1n) is 2.66. The Balaban J connectivity index is 3.59. The van der Waals surface area contributed by atoms with Gasteiger partial charge in [-0.1, -0.05) is 12.2 Å². The summed E-state index contributed by atoms with van der Waals surface area (Å²) in [6.07, 6.45) is 0. The minimum atomic E-state index is 0.418. The number of nitrogen functional groups attached to an aromatic ring is 1. The summed E-state index contributed by atoms with van der Waals surface area (Å²) in [7, 11) is 0. The Labute approximate surface area is 85.8 Å². The zero-order chi connectivity index (χ0) is 8.59. The van der Waals surface area contributed by atoms with Gasteiger partial charge in [-0.3, -0.25) is 0 Å². The number of thiol groups is 3. The lowest BCUT2D eigenvalue weighted by molar-refractivity contribution is 1.04. The maximum absolute atomic E-state index is 5.51. The third kappa shape index (κ3) is 1.69. The highest BCUT2D eigenvalue weighted by Crippen LogP contribution is 2.29. The van der Waals surface area contributed by atoms with Crippen LogP contribution in [0, 0.1) is 4.64 Å². The first-order valence-corrected chi connectivity index (χ1v) is 4.41. The lowest BCUT2D eigenvalue weighted by atomic mass is 10.4. The largest absolute Gasteiger partial charge is 0.384 e. The number of aromatic amines is 1. The fourth-order valence-corrected chi connectivity index (χ4v) is 1.53. The second-order valence-electron chi connectivity index (χ2n) is 1.91. The molecular weight excluding hydrogens is 216 g/mol. The number of H-pyrrole nitrogens is 1. The van der Waals surface area contributed by atoms with Crippen molar-refractivity contribution in [2.75, 3.05) is 5.73 Å². The van der Waals surface area contributed by atoms with Crippen molar-refractivity contribution >= 4 is 55.9 Å². The topological polar surface area (TPSA) is 41.8 Å². The van der Waals surface area contributed by atoms with E-state index in [0.717, 1.165) is 0 Å². The van der Waals surface area contributed by atoms with Crippen LogP contribution in [0.5, 0.6) is 0 Å². The number of hydrogen-bond acceptors (Lipinski definition) is 5. The minimum Gasteiger partial charge on any atom is -0.384 e. The zero-order valence-electron chi connectivity index (χ0n) is 5.33. The molecule has 0 aliphatic rings. The molecule has 6 heteroatoms. The van der Waals surface area contributed by atoms with Gasteiger partial charge in [-0.05, 0) is 0 Å². The summed E-state index contributed by atoms with van der Waals surface area (Å²) < 4.78 is 0.480. The van der Waals surface area contributed by atoms with Crippen LogP contribution in [0.2, 0.25) is 0 Å². The number of aromatic nitrogens is 1. The number of nitrogens with two attached hydrogens (primary N) is 1. The first-order chi connectivity index (χ1) is 5.04. The molecule has 1 aromatic heterocycles. The van der Waals surface area contributed by atoms with Crippen molar-refractivity contribution in [3.05, 3.63) is 4.64 Å². The van der Waals surface area contributed by atoms with Crippen LogP contribution < -0.4 is 5.73 Å². The van der Waals surface area contributed by atoms with Gasteiger partial charge in [-0.25, -0.2) is 0 Å². The fourth-order valence-electron chi connectivity index (χ4n) is 0.588. The Hall–Kier alpha value is 0.220. The number of anilines is 1. The van der Waals surface area contributed by atoms with E-state index >= 15 is 0 Å². The number of rotatable bonds is 0. The Kier molecular flexibility index (Phi) is 2.79. The van der Waals surface area contributed by atoms with Crippen molar-refractivity contribution in [1.82, 2.24) is 4.98 Å². The monoisotopic (exact) mass is 222 g/mol. The van der Waals surface area contributed by atoms with Gasteiger partial charge >= 0.3 is 0 Å². The molecule has 11 heavy (non-hydrogen) atoms. The van der Waals surface area contributed by atoms with Crippen LogP contribution in [0.3, 0.4) is 0 Å². The van der Waals surface area contributed by atoms with E-state index in [2.05, 4.69) is 42.9 Å². The zero-order valence-corrected chi connectivity index (χ0v) is 8.83. The van der Waals surface area contributed by atoms with E-state index in [1.54, 1.807) is 0 Å². The van der Waals surface area contributed by atoms with E-state index in [1.165, 1.54) is 0 Å². The fraction of sp³-hybridized carbons (Fsp3) is 0. The summed E-state index contributed by atoms with van der Waals surface area (Å²) >= 11 is 17.2. The highest BCUT2D eigenvalue weighted by molar-refractivity contribution is 7.85. The summed E-state index contributed by atoms with van der Waals surface area (Å²) in [5, 5.41) is 0. The average molecular weight is 222 g/mol. The second kappa shape index (κ2) is 3.30. The van der Waals surface area contributed by atoms with E-state index in [9.17, 15) is 0 Å². The van der Waals surface area contributed by atoms with Crippen molar-refractivity contribution in [2.45, 2.75) is 14.7 Å². The van der Waals surface area contributed by atoms with Crippen molar-refractivity contribution in [3.8, 4) is 0 Å². The summed E-state index contributed by atoms with van der Waals surface area (Å²) in [6, 6.07) is 0. The molecule has 0 amide bonds. The molecule has 0 fully saturated rings. The first kappa shape index (κ1) is 9.31. The Morgan fingerprint density at radius 2 is 1.64 bits per heavy atom. The summed E-state index contributed by atoms with van der Waals surface area (Å²) in [5.41, 5.74) is 5.51. The molecule has 1 heterocycles. The van der Waals surface area contributed by atoms with Crippen LogP contribution in [0.1, 0.15) is 0 Å². The molecular formula is C5H6N2S4. The Morgan fingerprint density at radius 1 is 1.09 bits per heavy atom. The van der Waals surface area contributed by atoms with Gasteiger partial charge in [-0.15, -0.1) is 37.9 Å². The van der Waals surface area contributed by atoms with E-state index in [-0.39, 0.29) is 0 Å². The molecule has 2 nitrogen and oxygen atoms in total. The van der Waals surface area contributed by atoms with E-state index in [0.29, 0.717) is 25.1 Å². The molecule has 0 saturated heterocycles. The van der Waals surface area contributed by atoms with Crippen LogP contribution in [0.25, 0.3) is 0 Å². The lowest BCUT2D eigenvalue weighted by Crippen LogP contribution is -1.94. The van der Waals surface area contributed by atoms with Gasteiger partial charge in [0.15, 0.2) is 0 Å². The third-order valence-corrected chi connectivity index (χ3v) is 3.34. The quantitative estimate of drug-likeness (QED) is 0.345. The predicted molar refractivity (Wildman–Crippen MR) is 57.8 cm³/mol. The molecule has 0 atom stereocenters. The minimum absolute atomic E-state index is 0.418. The van der Waals surface area contributed by atoms with Crippen molar-refractivity contribution in [2.24, 2.45) is 0 Å². The summed E-state index contributed by atoms with van der Waals surface area (Å²) in [5.74, 6) is 0.418. The summed E-state index contributed by atoms with van der Waals surface area (Å²) in [6.45, 7) is 0. The SMILES string of the molecule is Nc1[nH]c(=S)c(S)c(S)c1S. The molecule has 60 valence electrons. The van der Waals surface area contributed by atoms with Gasteiger partial charge in [0, 0.05) is 4.90 Å². The van der Waals surface area contributed by atoms with E-state index in [4.69, 9.17) is 18.0 Å². The maximum Gasteiger partial charge on any atom is 0.119 e. The standard InChI is InChI=1S/C5H6N2S4/c6-4-2(9)1(8)3(10)5(11)7-4/h9-10H,(H4,6,7,8,11). The van der Waals surface area contributed by atoms with Crippen molar-refractivity contribution < 1.29 is 0 Å². The molecule has 3 N–H and O–H groups in total. The smallest absolute Gasteiger partial charge is 0.119 e. The van der Waals surface area contributed by atoms with Crippen LogP contribution in [0.4, 0.5) is 5.82 Å². The van der Waals surface area contributed by atoms with Crippen LogP contribution >= 0.6 is 50.1 Å². The summed E-state index contributed by atoms with van der Waals surface area (Å²) in [4.78, 5) is 4.52. The maximum atomic E-state index is 5.51. The molecule has 0 saturated carbocycles. The highest BCUT2D eigenvalue weighted by atomic mass is 32.1. The van der Waals surface area contributed by atoms with Gasteiger partial charge in [0.25, 0.3) is 0 Å². The van der Waals surface area contributed by atoms with E-state index < -0.39 is 0 Å². The predicted octanol–water partition coefficient (Wildman–Crippen LogP) is 2.19. The third-order valence-electron chi connectivity index (χ3n) is 1.17. The second-order valence-corrected chi connectivity index (χ2v) is 3.66. The van der Waals surface area contributed by atoms with Crippen LogP contribution in [-0.2, 0) is 0 Å². The van der Waals surface area contributed by atoms with E-state index in [1.807, 2.05) is 0 Å². The molecule has 1 rings (SSSR count). The molecule has 0 aliphatic heterocycles. The van der Waals surface area contributed by atoms with Gasteiger partial charge in [0.1, 0.15) is 10.5 Å². The van der Waals surface area contributed by atoms with Gasteiger partial charge < -0.3 is 10.7 Å². The molecule has 0 spiro atoms. The molecule has 1 aromatic rings. The van der Waals surface area contributed by atoms with Gasteiger partial charge in [0.05, 0.1) is 9.79 Å². The molecule has 0 bridgehead atoms. The number of pyridine rings is 1. The lowest BCUT2D eigenvalue weighted by Gasteiger charge is -2.04. The molecule has 0 aromatic carbocycles. The molecule has 0 radical (unpaired) electrons. The highest BCUT2D eigenvalue weighted by Gasteiger charge is 2.04. The average Bonchev–Trinajstić information content (AvgIpc) is 1.97. The normalized spacial score (nSPS) is 10.1. The number of nitrogens with one attached hydrogen (secondary N) is 1. The van der Waals surface area contributed by atoms with Gasteiger partial charge in [0.2, 0.25) is 0 Å². The number of hydrogen-bond donors (Lipinski definition) is 5. The Morgan fingerprint density at radius 3 is 2.18 bits per heavy atom. The van der Waals surface area contributed by atoms with Crippen LogP contribution in [0.15, 0.2) is 14.7 Å². The Bertz CT molecular complexity index is 343. The van der Waals surface area contributed by atoms with Gasteiger partial charge in [-0.2, -0.15) is 0 Å². The van der Waals surface area contributed by atoms with Crippen molar-refractivity contribution in [3.63, 3.8) is 0 Å². The van der Waals surface area contributed by atoms with Crippen LogP contribution in [-0.4, -0.2) is 4.98 Å².